The third kappa shape index (κ3) is 3.99. The topological polar surface area (TPSA) is 33.0 Å². The molecule has 0 saturated carbocycles. The monoisotopic (exact) mass is 339 g/mol. The highest BCUT2D eigenvalue weighted by atomic mass is 19.1. The van der Waals surface area contributed by atoms with E-state index in [1.54, 1.807) is 12.1 Å². The second kappa shape index (κ2) is 7.10. The minimum absolute atomic E-state index is 0.121. The lowest BCUT2D eigenvalue weighted by atomic mass is 10.1. The lowest BCUT2D eigenvalue weighted by molar-refractivity contribution is 0.298. The summed E-state index contributed by atoms with van der Waals surface area (Å²) in [4.78, 5) is 0. The fourth-order valence-corrected chi connectivity index (χ4v) is 2.38. The molecule has 0 aliphatic rings. The van der Waals surface area contributed by atoms with E-state index in [2.05, 4.69) is 0 Å². The summed E-state index contributed by atoms with van der Waals surface area (Å²) >= 11 is 0. The van der Waals surface area contributed by atoms with E-state index in [9.17, 15) is 13.2 Å². The van der Waals surface area contributed by atoms with E-state index >= 15 is 0 Å². The van der Waals surface area contributed by atoms with Crippen molar-refractivity contribution in [3.8, 4) is 22.9 Å². The molecule has 0 aliphatic carbocycles. The SMILES string of the molecule is N#Cc1ccc(COc2cc(F)cc(-c3cccc(F)c3)c2)c(F)c1. The highest BCUT2D eigenvalue weighted by molar-refractivity contribution is 5.65. The summed E-state index contributed by atoms with van der Waals surface area (Å²) in [6.07, 6.45) is 0. The van der Waals surface area contributed by atoms with Crippen LogP contribution in [-0.4, -0.2) is 0 Å². The number of ether oxygens (including phenoxy) is 1. The molecule has 0 unspecified atom stereocenters. The summed E-state index contributed by atoms with van der Waals surface area (Å²) < 4.78 is 46.5. The Labute approximate surface area is 142 Å². The summed E-state index contributed by atoms with van der Waals surface area (Å²) in [6, 6.07) is 15.7. The van der Waals surface area contributed by atoms with Gasteiger partial charge in [0.2, 0.25) is 0 Å². The zero-order valence-electron chi connectivity index (χ0n) is 13.0. The largest absolute Gasteiger partial charge is 0.489 e. The van der Waals surface area contributed by atoms with E-state index in [0.29, 0.717) is 11.1 Å². The van der Waals surface area contributed by atoms with Gasteiger partial charge in [-0.15, -0.1) is 0 Å². The molecule has 3 aromatic rings. The van der Waals surface area contributed by atoms with Gasteiger partial charge >= 0.3 is 0 Å². The van der Waals surface area contributed by atoms with Crippen LogP contribution in [0.5, 0.6) is 5.75 Å². The molecule has 0 amide bonds. The molecule has 3 aromatic carbocycles. The Morgan fingerprint density at radius 2 is 1.64 bits per heavy atom. The van der Waals surface area contributed by atoms with Crippen molar-refractivity contribution in [1.29, 1.82) is 5.26 Å². The molecule has 2 nitrogen and oxygen atoms in total. The van der Waals surface area contributed by atoms with Gasteiger partial charge in [0.15, 0.2) is 0 Å². The quantitative estimate of drug-likeness (QED) is 0.653. The fourth-order valence-electron chi connectivity index (χ4n) is 2.38. The number of nitrogens with zero attached hydrogens (tertiary/aromatic N) is 1. The second-order valence-electron chi connectivity index (χ2n) is 5.39. The number of hydrogen-bond donors (Lipinski definition) is 0. The second-order valence-corrected chi connectivity index (χ2v) is 5.39. The van der Waals surface area contributed by atoms with Gasteiger partial charge in [-0.25, -0.2) is 13.2 Å². The molecule has 5 heteroatoms. The zero-order valence-corrected chi connectivity index (χ0v) is 13.0. The smallest absolute Gasteiger partial charge is 0.131 e. The Hall–Kier alpha value is -3.26. The Bertz CT molecular complexity index is 963. The normalized spacial score (nSPS) is 10.3. The van der Waals surface area contributed by atoms with Crippen LogP contribution in [0.1, 0.15) is 11.1 Å². The molecule has 0 aromatic heterocycles. The number of hydrogen-bond acceptors (Lipinski definition) is 2. The molecule has 25 heavy (non-hydrogen) atoms. The first-order valence-corrected chi connectivity index (χ1v) is 7.43. The van der Waals surface area contributed by atoms with E-state index in [4.69, 9.17) is 10.00 Å². The maximum Gasteiger partial charge on any atom is 0.131 e. The van der Waals surface area contributed by atoms with Crippen LogP contribution in [0.2, 0.25) is 0 Å². The maximum absolute atomic E-state index is 13.9. The summed E-state index contributed by atoms with van der Waals surface area (Å²) in [7, 11) is 0. The number of benzene rings is 3. The third-order valence-corrected chi connectivity index (χ3v) is 3.61. The van der Waals surface area contributed by atoms with Crippen LogP contribution in [0, 0.1) is 28.8 Å². The molecule has 3 rings (SSSR count). The van der Waals surface area contributed by atoms with Crippen LogP contribution >= 0.6 is 0 Å². The van der Waals surface area contributed by atoms with Crippen LogP contribution in [-0.2, 0) is 6.61 Å². The van der Waals surface area contributed by atoms with Crippen molar-refractivity contribution in [2.24, 2.45) is 0 Å². The Morgan fingerprint density at radius 1 is 0.840 bits per heavy atom. The van der Waals surface area contributed by atoms with E-state index in [-0.39, 0.29) is 23.5 Å². The van der Waals surface area contributed by atoms with Gasteiger partial charge in [0, 0.05) is 11.6 Å². The van der Waals surface area contributed by atoms with Crippen molar-refractivity contribution in [3.05, 3.63) is 89.2 Å². The molecule has 0 bridgehead atoms. The molecule has 0 spiro atoms. The first kappa shape index (κ1) is 16.6. The van der Waals surface area contributed by atoms with Gasteiger partial charge in [0.25, 0.3) is 0 Å². The van der Waals surface area contributed by atoms with E-state index in [1.807, 2.05) is 6.07 Å². The standard InChI is InChI=1S/C20H12F3NO/c21-17-3-1-2-14(7-17)16-8-18(22)10-19(9-16)25-12-15-5-4-13(11-24)6-20(15)23/h1-10H,12H2. The summed E-state index contributed by atoms with van der Waals surface area (Å²) in [6.45, 7) is -0.121. The first-order valence-electron chi connectivity index (χ1n) is 7.43. The van der Waals surface area contributed by atoms with Crippen molar-refractivity contribution < 1.29 is 17.9 Å². The van der Waals surface area contributed by atoms with Crippen LogP contribution in [0.4, 0.5) is 13.2 Å². The Balaban J connectivity index is 1.83. The van der Waals surface area contributed by atoms with E-state index in [1.165, 1.54) is 42.5 Å². The molecular weight excluding hydrogens is 327 g/mol. The van der Waals surface area contributed by atoms with E-state index < -0.39 is 17.5 Å². The third-order valence-electron chi connectivity index (χ3n) is 3.61. The van der Waals surface area contributed by atoms with Gasteiger partial charge in [0.05, 0.1) is 11.6 Å². The average Bonchev–Trinajstić information content (AvgIpc) is 2.60. The Kier molecular flexibility index (Phi) is 4.71. The highest BCUT2D eigenvalue weighted by Crippen LogP contribution is 2.27. The van der Waals surface area contributed by atoms with Crippen molar-refractivity contribution in [2.45, 2.75) is 6.61 Å². The van der Waals surface area contributed by atoms with Gasteiger partial charge in [-0.3, -0.25) is 0 Å². The van der Waals surface area contributed by atoms with Crippen molar-refractivity contribution >= 4 is 0 Å². The van der Waals surface area contributed by atoms with Crippen molar-refractivity contribution in [2.75, 3.05) is 0 Å². The molecule has 0 N–H and O–H groups in total. The summed E-state index contributed by atoms with van der Waals surface area (Å²) in [5.74, 6) is -1.34. The van der Waals surface area contributed by atoms with Crippen LogP contribution in [0.25, 0.3) is 11.1 Å². The van der Waals surface area contributed by atoms with Gasteiger partial charge < -0.3 is 4.74 Å². The van der Waals surface area contributed by atoms with E-state index in [0.717, 1.165) is 6.07 Å². The van der Waals surface area contributed by atoms with Crippen molar-refractivity contribution in [3.63, 3.8) is 0 Å². The molecule has 0 atom stereocenters. The number of nitriles is 1. The van der Waals surface area contributed by atoms with Gasteiger partial charge in [0.1, 0.15) is 29.8 Å². The minimum Gasteiger partial charge on any atom is -0.489 e. The fraction of sp³-hybridized carbons (Fsp3) is 0.0500. The van der Waals surface area contributed by atoms with Crippen LogP contribution in [0.3, 0.4) is 0 Å². The van der Waals surface area contributed by atoms with Gasteiger partial charge in [-0.05, 0) is 47.5 Å². The molecule has 124 valence electrons. The average molecular weight is 339 g/mol. The summed E-state index contributed by atoms with van der Waals surface area (Å²) in [5, 5.41) is 8.73. The molecular formula is C20H12F3NO. The highest BCUT2D eigenvalue weighted by Gasteiger charge is 2.08. The predicted octanol–water partition coefficient (Wildman–Crippen LogP) is 5.22. The number of halogens is 3. The molecule has 0 fully saturated rings. The van der Waals surface area contributed by atoms with Gasteiger partial charge in [-0.2, -0.15) is 5.26 Å². The predicted molar refractivity (Wildman–Crippen MR) is 87.2 cm³/mol. The zero-order chi connectivity index (χ0) is 17.8. The summed E-state index contributed by atoms with van der Waals surface area (Å²) in [5.41, 5.74) is 1.42. The van der Waals surface area contributed by atoms with Crippen LogP contribution < -0.4 is 4.74 Å². The molecule has 0 heterocycles. The first-order chi connectivity index (χ1) is 12.0. The lowest BCUT2D eigenvalue weighted by Crippen LogP contribution is -1.99. The lowest BCUT2D eigenvalue weighted by Gasteiger charge is -2.10. The number of rotatable bonds is 4. The van der Waals surface area contributed by atoms with Gasteiger partial charge in [-0.1, -0.05) is 18.2 Å². The van der Waals surface area contributed by atoms with Crippen LogP contribution in [0.15, 0.2) is 60.7 Å². The molecule has 0 aliphatic heterocycles. The maximum atomic E-state index is 13.9. The Morgan fingerprint density at radius 3 is 2.36 bits per heavy atom. The van der Waals surface area contributed by atoms with Crippen molar-refractivity contribution in [1.82, 2.24) is 0 Å². The molecule has 0 radical (unpaired) electrons. The minimum atomic E-state index is -0.569. The molecule has 0 saturated heterocycles.